The number of hydrogen-bond donors (Lipinski definition) is 1. The number of sulfonamides is 1. The minimum absolute atomic E-state index is 0.253. The Labute approximate surface area is 144 Å². The topological polar surface area (TPSA) is 64.6 Å². The molecule has 0 aromatic heterocycles. The first-order valence-electron chi connectivity index (χ1n) is 6.77. The Bertz CT molecular complexity index is 839. The van der Waals surface area contributed by atoms with Crippen molar-refractivity contribution < 1.29 is 17.9 Å². The summed E-state index contributed by atoms with van der Waals surface area (Å²) in [6.07, 6.45) is 0. The molecule has 0 unspecified atom stereocenters. The normalized spacial score (nSPS) is 13.7. The number of fused-ring (bicyclic) bond motifs is 1. The standard InChI is InChI=1S/C15H13Cl2NO4S/c16-11-2-1-10(13(17)7-11)9-23(19,20)18-12-3-4-14-15(8-12)22-6-5-21-14/h1-4,7-8,18H,5-6,9H2. The van der Waals surface area contributed by atoms with E-state index < -0.39 is 10.0 Å². The summed E-state index contributed by atoms with van der Waals surface area (Å²) in [6, 6.07) is 9.58. The molecule has 2 aromatic carbocycles. The Morgan fingerprint density at radius 1 is 1.00 bits per heavy atom. The highest BCUT2D eigenvalue weighted by Gasteiger charge is 2.17. The molecule has 3 rings (SSSR count). The van der Waals surface area contributed by atoms with E-state index in [4.69, 9.17) is 32.7 Å². The third kappa shape index (κ3) is 4.02. The van der Waals surface area contributed by atoms with E-state index in [-0.39, 0.29) is 5.75 Å². The molecule has 1 N–H and O–H groups in total. The molecule has 8 heteroatoms. The van der Waals surface area contributed by atoms with Crippen molar-refractivity contribution in [3.8, 4) is 11.5 Å². The highest BCUT2D eigenvalue weighted by Crippen LogP contribution is 2.33. The monoisotopic (exact) mass is 373 g/mol. The van der Waals surface area contributed by atoms with Crippen LogP contribution in [0.5, 0.6) is 11.5 Å². The van der Waals surface area contributed by atoms with Crippen LogP contribution in [0.2, 0.25) is 10.0 Å². The molecule has 0 atom stereocenters. The fraction of sp³-hybridized carbons (Fsp3) is 0.200. The lowest BCUT2D eigenvalue weighted by Crippen LogP contribution is -2.17. The second-order valence-electron chi connectivity index (χ2n) is 4.96. The summed E-state index contributed by atoms with van der Waals surface area (Å²) in [7, 11) is -3.62. The van der Waals surface area contributed by atoms with Gasteiger partial charge in [0.25, 0.3) is 0 Å². The molecule has 1 heterocycles. The molecule has 0 aliphatic carbocycles. The van der Waals surface area contributed by atoms with Crippen molar-refractivity contribution >= 4 is 38.9 Å². The SMILES string of the molecule is O=S(=O)(Cc1ccc(Cl)cc1Cl)Nc1ccc2c(c1)OCCO2. The highest BCUT2D eigenvalue weighted by atomic mass is 35.5. The Balaban J connectivity index is 1.78. The van der Waals surface area contributed by atoms with Crippen molar-refractivity contribution in [2.75, 3.05) is 17.9 Å². The first-order valence-corrected chi connectivity index (χ1v) is 9.18. The van der Waals surface area contributed by atoms with Crippen molar-refractivity contribution in [3.05, 3.63) is 52.0 Å². The van der Waals surface area contributed by atoms with Gasteiger partial charge in [-0.15, -0.1) is 0 Å². The molecule has 0 fully saturated rings. The average Bonchev–Trinajstić information content (AvgIpc) is 2.49. The molecule has 23 heavy (non-hydrogen) atoms. The number of anilines is 1. The second kappa shape index (κ2) is 6.47. The molecule has 0 amide bonds. The van der Waals surface area contributed by atoms with Crippen LogP contribution in [0.4, 0.5) is 5.69 Å². The van der Waals surface area contributed by atoms with Gasteiger partial charge in [-0.3, -0.25) is 4.72 Å². The number of nitrogens with one attached hydrogen (secondary N) is 1. The molecule has 2 aromatic rings. The maximum atomic E-state index is 12.3. The number of ether oxygens (including phenoxy) is 2. The summed E-state index contributed by atoms with van der Waals surface area (Å²) in [5.41, 5.74) is 0.875. The van der Waals surface area contributed by atoms with Crippen LogP contribution >= 0.6 is 23.2 Å². The first kappa shape index (κ1) is 16.2. The molecular weight excluding hydrogens is 361 g/mol. The molecule has 0 spiro atoms. The molecule has 5 nitrogen and oxygen atoms in total. The largest absolute Gasteiger partial charge is 0.486 e. The smallest absolute Gasteiger partial charge is 0.236 e. The van der Waals surface area contributed by atoms with Crippen LogP contribution < -0.4 is 14.2 Å². The lowest BCUT2D eigenvalue weighted by Gasteiger charge is -2.19. The lowest BCUT2D eigenvalue weighted by molar-refractivity contribution is 0.171. The lowest BCUT2D eigenvalue weighted by atomic mass is 10.2. The van der Waals surface area contributed by atoms with E-state index in [1.165, 1.54) is 6.07 Å². The van der Waals surface area contributed by atoms with E-state index in [1.807, 2.05) is 0 Å². The summed E-state index contributed by atoms with van der Waals surface area (Å²) in [5, 5.41) is 0.765. The average molecular weight is 374 g/mol. The van der Waals surface area contributed by atoms with Crippen molar-refractivity contribution in [2.24, 2.45) is 0 Å². The fourth-order valence-corrected chi connectivity index (χ4v) is 3.94. The van der Waals surface area contributed by atoms with Gasteiger partial charge in [-0.2, -0.15) is 0 Å². The second-order valence-corrected chi connectivity index (χ2v) is 7.52. The summed E-state index contributed by atoms with van der Waals surface area (Å²) in [6.45, 7) is 0.913. The molecule has 1 aliphatic rings. The Morgan fingerprint density at radius 3 is 2.48 bits per heavy atom. The van der Waals surface area contributed by atoms with E-state index in [0.29, 0.717) is 46.0 Å². The summed E-state index contributed by atoms with van der Waals surface area (Å²) < 4.78 is 37.9. The quantitative estimate of drug-likeness (QED) is 0.886. The zero-order valence-corrected chi connectivity index (χ0v) is 14.2. The van der Waals surface area contributed by atoms with Gasteiger partial charge < -0.3 is 9.47 Å². The van der Waals surface area contributed by atoms with E-state index in [1.54, 1.807) is 30.3 Å². The number of halogens is 2. The van der Waals surface area contributed by atoms with Gasteiger partial charge in [-0.25, -0.2) is 8.42 Å². The van der Waals surface area contributed by atoms with E-state index in [2.05, 4.69) is 4.72 Å². The van der Waals surface area contributed by atoms with Gasteiger partial charge in [0, 0.05) is 16.1 Å². The minimum atomic E-state index is -3.62. The van der Waals surface area contributed by atoms with Crippen LogP contribution in [-0.2, 0) is 15.8 Å². The van der Waals surface area contributed by atoms with Gasteiger partial charge in [-0.1, -0.05) is 29.3 Å². The molecule has 1 aliphatic heterocycles. The van der Waals surface area contributed by atoms with Gasteiger partial charge in [0.1, 0.15) is 13.2 Å². The summed E-state index contributed by atoms with van der Waals surface area (Å²) >= 11 is 11.8. The van der Waals surface area contributed by atoms with Crippen LogP contribution in [-0.4, -0.2) is 21.6 Å². The molecule has 0 radical (unpaired) electrons. The van der Waals surface area contributed by atoms with Gasteiger partial charge >= 0.3 is 0 Å². The van der Waals surface area contributed by atoms with Crippen molar-refractivity contribution in [2.45, 2.75) is 5.75 Å². The maximum absolute atomic E-state index is 12.3. The zero-order valence-electron chi connectivity index (χ0n) is 11.9. The minimum Gasteiger partial charge on any atom is -0.486 e. The van der Waals surface area contributed by atoms with E-state index >= 15 is 0 Å². The van der Waals surface area contributed by atoms with Crippen molar-refractivity contribution in [1.82, 2.24) is 0 Å². The number of rotatable bonds is 4. The van der Waals surface area contributed by atoms with Crippen LogP contribution in [0.15, 0.2) is 36.4 Å². The van der Waals surface area contributed by atoms with Crippen LogP contribution in [0, 0.1) is 0 Å². The van der Waals surface area contributed by atoms with Gasteiger partial charge in [-0.05, 0) is 29.8 Å². The van der Waals surface area contributed by atoms with Gasteiger partial charge in [0.05, 0.1) is 11.4 Å². The van der Waals surface area contributed by atoms with Crippen LogP contribution in [0.3, 0.4) is 0 Å². The molecule has 122 valence electrons. The highest BCUT2D eigenvalue weighted by molar-refractivity contribution is 7.91. The summed E-state index contributed by atoms with van der Waals surface area (Å²) in [4.78, 5) is 0. The van der Waals surface area contributed by atoms with E-state index in [0.717, 1.165) is 0 Å². The fourth-order valence-electron chi connectivity index (χ4n) is 2.17. The molecule has 0 saturated heterocycles. The maximum Gasteiger partial charge on any atom is 0.236 e. The number of benzene rings is 2. The molecule has 0 bridgehead atoms. The predicted molar refractivity (Wildman–Crippen MR) is 90.1 cm³/mol. The summed E-state index contributed by atoms with van der Waals surface area (Å²) in [5.74, 6) is 0.859. The molecular formula is C15H13Cl2NO4S. The number of hydrogen-bond acceptors (Lipinski definition) is 4. The van der Waals surface area contributed by atoms with Crippen molar-refractivity contribution in [3.63, 3.8) is 0 Å². The van der Waals surface area contributed by atoms with Gasteiger partial charge in [0.2, 0.25) is 10.0 Å². The first-order chi connectivity index (χ1) is 10.9. The Kier molecular flexibility index (Phi) is 4.57. The van der Waals surface area contributed by atoms with E-state index in [9.17, 15) is 8.42 Å². The third-order valence-corrected chi connectivity index (χ3v) is 5.00. The van der Waals surface area contributed by atoms with Gasteiger partial charge in [0.15, 0.2) is 11.5 Å². The van der Waals surface area contributed by atoms with Crippen LogP contribution in [0.1, 0.15) is 5.56 Å². The Hall–Kier alpha value is -1.63. The Morgan fingerprint density at radius 2 is 1.74 bits per heavy atom. The van der Waals surface area contributed by atoms with Crippen molar-refractivity contribution in [1.29, 1.82) is 0 Å². The predicted octanol–water partition coefficient (Wildman–Crippen LogP) is 3.71. The molecule has 0 saturated carbocycles. The van der Waals surface area contributed by atoms with Crippen LogP contribution in [0.25, 0.3) is 0 Å². The third-order valence-electron chi connectivity index (χ3n) is 3.18. The zero-order chi connectivity index (χ0) is 16.4.